The first-order chi connectivity index (χ1) is 9.76. The molecule has 0 saturated carbocycles. The molecule has 0 saturated heterocycles. The van der Waals surface area contributed by atoms with Crippen LogP contribution in [0.3, 0.4) is 0 Å². The fourth-order valence-corrected chi connectivity index (χ4v) is 2.35. The number of aliphatic imine (C=N–C) groups is 1. The number of hydrogen-bond donors (Lipinski definition) is 2. The second-order valence-corrected chi connectivity index (χ2v) is 5.45. The number of rotatable bonds is 8. The Balaban J connectivity index is 2.13. The van der Waals surface area contributed by atoms with Crippen LogP contribution in [0.25, 0.3) is 0 Å². The van der Waals surface area contributed by atoms with E-state index in [-0.39, 0.29) is 0 Å². The SMILES string of the molecule is CCOCCNC(=NC)NCCSc1ccc(C)cc1. The largest absolute Gasteiger partial charge is 0.380 e. The van der Waals surface area contributed by atoms with Gasteiger partial charge in [-0.25, -0.2) is 0 Å². The van der Waals surface area contributed by atoms with Crippen LogP contribution < -0.4 is 10.6 Å². The zero-order valence-corrected chi connectivity index (χ0v) is 13.4. The van der Waals surface area contributed by atoms with E-state index in [0.717, 1.165) is 31.4 Å². The Bertz CT molecular complexity index is 393. The van der Waals surface area contributed by atoms with Crippen LogP contribution in [0.15, 0.2) is 34.2 Å². The molecule has 0 fully saturated rings. The highest BCUT2D eigenvalue weighted by Crippen LogP contribution is 2.17. The van der Waals surface area contributed by atoms with Crippen molar-refractivity contribution >= 4 is 17.7 Å². The first-order valence-electron chi connectivity index (χ1n) is 6.98. The third-order valence-electron chi connectivity index (χ3n) is 2.65. The fourth-order valence-electron chi connectivity index (χ4n) is 1.58. The number of benzene rings is 1. The maximum absolute atomic E-state index is 5.27. The molecule has 0 spiro atoms. The number of nitrogens with zero attached hydrogens (tertiary/aromatic N) is 1. The minimum Gasteiger partial charge on any atom is -0.380 e. The van der Waals surface area contributed by atoms with Gasteiger partial charge < -0.3 is 15.4 Å². The maximum atomic E-state index is 5.27. The molecule has 1 aromatic rings. The molecule has 0 aromatic heterocycles. The van der Waals surface area contributed by atoms with Gasteiger partial charge in [0.05, 0.1) is 6.61 Å². The second-order valence-electron chi connectivity index (χ2n) is 4.28. The summed E-state index contributed by atoms with van der Waals surface area (Å²) in [5, 5.41) is 6.51. The highest BCUT2D eigenvalue weighted by molar-refractivity contribution is 7.99. The summed E-state index contributed by atoms with van der Waals surface area (Å²) in [5.74, 6) is 1.84. The molecule has 0 aliphatic rings. The molecular weight excluding hydrogens is 270 g/mol. The van der Waals surface area contributed by atoms with Gasteiger partial charge in [-0.3, -0.25) is 4.99 Å². The normalized spacial score (nSPS) is 11.4. The van der Waals surface area contributed by atoms with E-state index in [0.29, 0.717) is 6.61 Å². The quantitative estimate of drug-likeness (QED) is 0.334. The van der Waals surface area contributed by atoms with E-state index in [1.54, 1.807) is 7.05 Å². The molecule has 20 heavy (non-hydrogen) atoms. The van der Waals surface area contributed by atoms with E-state index < -0.39 is 0 Å². The lowest BCUT2D eigenvalue weighted by Gasteiger charge is -2.11. The van der Waals surface area contributed by atoms with Crippen LogP contribution in [0, 0.1) is 6.92 Å². The number of aryl methyl sites for hydroxylation is 1. The monoisotopic (exact) mass is 295 g/mol. The molecule has 0 unspecified atom stereocenters. The highest BCUT2D eigenvalue weighted by atomic mass is 32.2. The van der Waals surface area contributed by atoms with Crippen molar-refractivity contribution in [2.24, 2.45) is 4.99 Å². The van der Waals surface area contributed by atoms with Gasteiger partial charge in [0, 0.05) is 37.4 Å². The summed E-state index contributed by atoms with van der Waals surface area (Å²) in [7, 11) is 1.78. The van der Waals surface area contributed by atoms with Crippen molar-refractivity contribution in [3.63, 3.8) is 0 Å². The Hall–Kier alpha value is -1.20. The summed E-state index contributed by atoms with van der Waals surface area (Å²) in [5.41, 5.74) is 1.30. The molecule has 0 aliphatic heterocycles. The van der Waals surface area contributed by atoms with Crippen molar-refractivity contribution in [3.8, 4) is 0 Å². The second kappa shape index (κ2) is 10.6. The number of ether oxygens (including phenoxy) is 1. The highest BCUT2D eigenvalue weighted by Gasteiger charge is 1.97. The van der Waals surface area contributed by atoms with Crippen LogP contribution in [0.5, 0.6) is 0 Å². The van der Waals surface area contributed by atoms with Gasteiger partial charge in [0.2, 0.25) is 0 Å². The standard InChI is InChI=1S/C15H25N3OS/c1-4-19-11-9-17-15(16-3)18-10-12-20-14-7-5-13(2)6-8-14/h5-8H,4,9-12H2,1-3H3,(H2,16,17,18). The minimum atomic E-state index is 0.704. The van der Waals surface area contributed by atoms with Crippen LogP contribution in [0.4, 0.5) is 0 Å². The van der Waals surface area contributed by atoms with Crippen LogP contribution in [-0.2, 0) is 4.74 Å². The fraction of sp³-hybridized carbons (Fsp3) is 0.533. The van der Waals surface area contributed by atoms with E-state index in [2.05, 4.69) is 46.8 Å². The summed E-state index contributed by atoms with van der Waals surface area (Å²) >= 11 is 1.84. The maximum Gasteiger partial charge on any atom is 0.191 e. The van der Waals surface area contributed by atoms with Gasteiger partial charge in [-0.2, -0.15) is 0 Å². The predicted octanol–water partition coefficient (Wildman–Crippen LogP) is 2.29. The predicted molar refractivity (Wildman–Crippen MR) is 87.8 cm³/mol. The Morgan fingerprint density at radius 1 is 1.20 bits per heavy atom. The third-order valence-corrected chi connectivity index (χ3v) is 3.66. The molecular formula is C15H25N3OS. The van der Waals surface area contributed by atoms with Crippen molar-refractivity contribution in [1.82, 2.24) is 10.6 Å². The Morgan fingerprint density at radius 3 is 2.55 bits per heavy atom. The van der Waals surface area contributed by atoms with Crippen LogP contribution in [-0.4, -0.2) is 45.1 Å². The number of hydrogen-bond acceptors (Lipinski definition) is 3. The van der Waals surface area contributed by atoms with Gasteiger partial charge in [0.1, 0.15) is 0 Å². The Morgan fingerprint density at radius 2 is 1.90 bits per heavy atom. The van der Waals surface area contributed by atoms with Crippen molar-refractivity contribution in [2.75, 3.05) is 39.1 Å². The van der Waals surface area contributed by atoms with E-state index in [1.807, 2.05) is 18.7 Å². The molecule has 0 heterocycles. The minimum absolute atomic E-state index is 0.704. The first kappa shape index (κ1) is 16.9. The summed E-state index contributed by atoms with van der Waals surface area (Å²) in [6.07, 6.45) is 0. The smallest absolute Gasteiger partial charge is 0.191 e. The van der Waals surface area contributed by atoms with Crippen LogP contribution in [0.2, 0.25) is 0 Å². The van der Waals surface area contributed by atoms with Gasteiger partial charge in [-0.05, 0) is 26.0 Å². The molecule has 0 atom stereocenters. The van der Waals surface area contributed by atoms with Crippen LogP contribution in [0.1, 0.15) is 12.5 Å². The average Bonchev–Trinajstić information content (AvgIpc) is 2.47. The first-order valence-corrected chi connectivity index (χ1v) is 7.96. The van der Waals surface area contributed by atoms with Gasteiger partial charge in [-0.1, -0.05) is 17.7 Å². The third kappa shape index (κ3) is 7.40. The summed E-state index contributed by atoms with van der Waals surface area (Å²) in [4.78, 5) is 5.47. The van der Waals surface area contributed by atoms with E-state index >= 15 is 0 Å². The Kier molecular flexibility index (Phi) is 8.91. The van der Waals surface area contributed by atoms with Crippen molar-refractivity contribution < 1.29 is 4.74 Å². The van der Waals surface area contributed by atoms with Crippen molar-refractivity contribution in [2.45, 2.75) is 18.7 Å². The van der Waals surface area contributed by atoms with Gasteiger partial charge in [0.25, 0.3) is 0 Å². The molecule has 0 radical (unpaired) electrons. The molecule has 0 bridgehead atoms. The zero-order valence-electron chi connectivity index (χ0n) is 12.6. The average molecular weight is 295 g/mol. The molecule has 5 heteroatoms. The van der Waals surface area contributed by atoms with E-state index in [1.165, 1.54) is 10.5 Å². The van der Waals surface area contributed by atoms with E-state index in [9.17, 15) is 0 Å². The number of guanidine groups is 1. The van der Waals surface area contributed by atoms with Crippen LogP contribution >= 0.6 is 11.8 Å². The summed E-state index contributed by atoms with van der Waals surface area (Å²) in [6.45, 7) is 7.21. The van der Waals surface area contributed by atoms with Gasteiger partial charge >= 0.3 is 0 Å². The Labute approximate surface area is 126 Å². The molecule has 2 N–H and O–H groups in total. The van der Waals surface area contributed by atoms with Gasteiger partial charge in [-0.15, -0.1) is 11.8 Å². The summed E-state index contributed by atoms with van der Waals surface area (Å²) < 4.78 is 5.27. The molecule has 4 nitrogen and oxygen atoms in total. The lowest BCUT2D eigenvalue weighted by Crippen LogP contribution is -2.39. The molecule has 1 rings (SSSR count). The van der Waals surface area contributed by atoms with E-state index in [4.69, 9.17) is 4.74 Å². The number of thioether (sulfide) groups is 1. The van der Waals surface area contributed by atoms with Gasteiger partial charge in [0.15, 0.2) is 5.96 Å². The summed E-state index contributed by atoms with van der Waals surface area (Å²) in [6, 6.07) is 8.61. The van der Waals surface area contributed by atoms with Crippen molar-refractivity contribution in [3.05, 3.63) is 29.8 Å². The zero-order chi connectivity index (χ0) is 14.6. The molecule has 0 amide bonds. The lowest BCUT2D eigenvalue weighted by molar-refractivity contribution is 0.152. The topological polar surface area (TPSA) is 45.6 Å². The molecule has 112 valence electrons. The lowest BCUT2D eigenvalue weighted by atomic mass is 10.2. The number of nitrogens with one attached hydrogen (secondary N) is 2. The molecule has 1 aromatic carbocycles. The van der Waals surface area contributed by atoms with Crippen molar-refractivity contribution in [1.29, 1.82) is 0 Å². The molecule has 0 aliphatic carbocycles.